The smallest absolute Gasteiger partial charge is 0.338 e. The number of thiocarbonyl (C=S) groups is 1. The summed E-state index contributed by atoms with van der Waals surface area (Å²) in [4.78, 5) is 25.2. The van der Waals surface area contributed by atoms with Crippen LogP contribution in [-0.4, -0.2) is 49.6 Å². The molecule has 0 fully saturated rings. The third-order valence-corrected chi connectivity index (χ3v) is 5.55. The second-order valence-corrected chi connectivity index (χ2v) is 8.86. The van der Waals surface area contributed by atoms with E-state index < -0.39 is 17.9 Å². The van der Waals surface area contributed by atoms with E-state index in [0.29, 0.717) is 44.8 Å². The Morgan fingerprint density at radius 1 is 1.16 bits per heavy atom. The molecule has 0 radical (unpaired) electrons. The molecule has 1 heterocycles. The molecule has 0 saturated heterocycles. The van der Waals surface area contributed by atoms with Gasteiger partial charge in [-0.1, -0.05) is 24.3 Å². The van der Waals surface area contributed by atoms with Crippen molar-refractivity contribution in [1.82, 2.24) is 16.1 Å². The van der Waals surface area contributed by atoms with Gasteiger partial charge in [-0.3, -0.25) is 4.79 Å². The van der Waals surface area contributed by atoms with Crippen molar-refractivity contribution in [1.29, 1.82) is 0 Å². The third-order valence-electron chi connectivity index (χ3n) is 5.33. The molecular weight excluding hydrogens is 508 g/mol. The first-order valence-electron chi connectivity index (χ1n) is 12.1. The first-order valence-corrected chi connectivity index (χ1v) is 12.5. The standard InChI is InChI=1S/C27H32N4O6S/c1-6-35-26(33)23-17(4)29-27(38)30-24(23)19-11-7-8-12-20(19)36-15-22(32)31-28-14-18-10-9-13-21(34-5)25(18)37-16(2)3/h7-14,16,24H,6,15H2,1-5H3,(H,31,32)(H2,29,30,38)/t24-/m1/s1. The van der Waals surface area contributed by atoms with E-state index in [1.54, 1.807) is 57.4 Å². The fourth-order valence-electron chi connectivity index (χ4n) is 3.76. The van der Waals surface area contributed by atoms with Gasteiger partial charge >= 0.3 is 5.97 Å². The van der Waals surface area contributed by atoms with Gasteiger partial charge in [0.1, 0.15) is 5.75 Å². The van der Waals surface area contributed by atoms with Crippen LogP contribution in [0.5, 0.6) is 17.2 Å². The van der Waals surface area contributed by atoms with Gasteiger partial charge in [0.25, 0.3) is 5.91 Å². The Balaban J connectivity index is 1.72. The number of esters is 1. The predicted octanol–water partition coefficient (Wildman–Crippen LogP) is 3.37. The maximum absolute atomic E-state index is 12.7. The van der Waals surface area contributed by atoms with E-state index in [4.69, 9.17) is 31.2 Å². The molecule has 11 heteroatoms. The van der Waals surface area contributed by atoms with Gasteiger partial charge in [0.05, 0.1) is 37.7 Å². The Labute approximate surface area is 227 Å². The summed E-state index contributed by atoms with van der Waals surface area (Å²) in [6, 6.07) is 11.9. The molecule has 0 aromatic heterocycles. The van der Waals surface area contributed by atoms with E-state index in [1.807, 2.05) is 19.9 Å². The van der Waals surface area contributed by atoms with E-state index >= 15 is 0 Å². The molecule has 1 atom stereocenters. The van der Waals surface area contributed by atoms with E-state index in [-0.39, 0.29) is 19.3 Å². The minimum Gasteiger partial charge on any atom is -0.493 e. The van der Waals surface area contributed by atoms with E-state index in [0.717, 1.165) is 0 Å². The van der Waals surface area contributed by atoms with Crippen molar-refractivity contribution in [3.05, 3.63) is 64.9 Å². The van der Waals surface area contributed by atoms with Gasteiger partial charge in [0.2, 0.25) is 0 Å². The average molecular weight is 541 g/mol. The highest BCUT2D eigenvalue weighted by Gasteiger charge is 2.32. The molecule has 0 bridgehead atoms. The molecule has 38 heavy (non-hydrogen) atoms. The van der Waals surface area contributed by atoms with Crippen molar-refractivity contribution in [3.63, 3.8) is 0 Å². The van der Waals surface area contributed by atoms with Crippen molar-refractivity contribution in [2.45, 2.75) is 39.8 Å². The summed E-state index contributed by atoms with van der Waals surface area (Å²) in [6.45, 7) is 7.22. The van der Waals surface area contributed by atoms with Crippen LogP contribution in [0.1, 0.15) is 44.9 Å². The predicted molar refractivity (Wildman–Crippen MR) is 147 cm³/mol. The van der Waals surface area contributed by atoms with Gasteiger partial charge in [-0.25, -0.2) is 10.2 Å². The molecule has 10 nitrogen and oxygen atoms in total. The van der Waals surface area contributed by atoms with Crippen LogP contribution in [0, 0.1) is 0 Å². The Hall–Kier alpha value is -4.12. The summed E-state index contributed by atoms with van der Waals surface area (Å²) < 4.78 is 22.3. The van der Waals surface area contributed by atoms with Gasteiger partial charge < -0.3 is 29.6 Å². The minimum absolute atomic E-state index is 0.0757. The molecule has 3 N–H and O–H groups in total. The molecule has 0 saturated carbocycles. The normalized spacial score (nSPS) is 15.1. The van der Waals surface area contributed by atoms with Crippen LogP contribution < -0.4 is 30.3 Å². The number of ether oxygens (including phenoxy) is 4. The van der Waals surface area contributed by atoms with Crippen molar-refractivity contribution in [3.8, 4) is 17.2 Å². The highest BCUT2D eigenvalue weighted by Crippen LogP contribution is 2.34. The molecule has 0 unspecified atom stereocenters. The first kappa shape index (κ1) is 28.5. The maximum Gasteiger partial charge on any atom is 0.338 e. The molecule has 1 aliphatic heterocycles. The first-order chi connectivity index (χ1) is 18.2. The molecule has 2 aromatic rings. The summed E-state index contributed by atoms with van der Waals surface area (Å²) >= 11 is 5.30. The summed E-state index contributed by atoms with van der Waals surface area (Å²) in [5.74, 6) is 0.547. The van der Waals surface area contributed by atoms with Gasteiger partial charge in [-0.15, -0.1) is 0 Å². The summed E-state index contributed by atoms with van der Waals surface area (Å²) in [7, 11) is 1.56. The maximum atomic E-state index is 12.7. The Bertz CT molecular complexity index is 1240. The molecule has 202 valence electrons. The lowest BCUT2D eigenvalue weighted by atomic mass is 9.95. The number of allylic oxidation sites excluding steroid dienone is 1. The van der Waals surface area contributed by atoms with Gasteiger partial charge in [-0.2, -0.15) is 5.10 Å². The fraction of sp³-hybridized carbons (Fsp3) is 0.333. The lowest BCUT2D eigenvalue weighted by Crippen LogP contribution is -2.45. The molecule has 2 aromatic carbocycles. The monoisotopic (exact) mass is 540 g/mol. The largest absolute Gasteiger partial charge is 0.493 e. The SMILES string of the molecule is CCOC(=O)C1=C(C)NC(=S)N[C@@H]1c1ccccc1OCC(=O)NN=Cc1cccc(OC)c1OC(C)C. The zero-order valence-corrected chi connectivity index (χ0v) is 22.8. The molecular formula is C27H32N4O6S. The second-order valence-electron chi connectivity index (χ2n) is 8.46. The molecule has 1 aliphatic rings. The van der Waals surface area contributed by atoms with E-state index in [9.17, 15) is 9.59 Å². The number of nitrogens with one attached hydrogen (secondary N) is 3. The number of hydrogen-bond donors (Lipinski definition) is 3. The summed E-state index contributed by atoms with van der Waals surface area (Å²) in [5, 5.41) is 10.5. The average Bonchev–Trinajstić information content (AvgIpc) is 2.87. The fourth-order valence-corrected chi connectivity index (χ4v) is 4.03. The number of nitrogens with zero attached hydrogens (tertiary/aromatic N) is 1. The van der Waals surface area contributed by atoms with Gasteiger partial charge in [0.15, 0.2) is 23.2 Å². The number of methoxy groups -OCH3 is 1. The highest BCUT2D eigenvalue weighted by molar-refractivity contribution is 7.80. The molecule has 0 aliphatic carbocycles. The van der Waals surface area contributed by atoms with Crippen LogP contribution in [0.25, 0.3) is 0 Å². The lowest BCUT2D eigenvalue weighted by Gasteiger charge is -2.30. The number of carbonyl (C=O) groups excluding carboxylic acids is 2. The second kappa shape index (κ2) is 13.4. The number of rotatable bonds is 11. The topological polar surface area (TPSA) is 120 Å². The molecule has 0 spiro atoms. The highest BCUT2D eigenvalue weighted by atomic mass is 32.1. The molecule has 3 rings (SSSR count). The van der Waals surface area contributed by atoms with Gasteiger partial charge in [0, 0.05) is 16.8 Å². The number of amides is 1. The summed E-state index contributed by atoms with van der Waals surface area (Å²) in [6.07, 6.45) is 1.40. The summed E-state index contributed by atoms with van der Waals surface area (Å²) in [5.41, 5.74) is 4.69. The van der Waals surface area contributed by atoms with Crippen molar-refractivity contribution in [2.75, 3.05) is 20.3 Å². The lowest BCUT2D eigenvalue weighted by molar-refractivity contribution is -0.139. The van der Waals surface area contributed by atoms with E-state index in [1.165, 1.54) is 6.21 Å². The molecule has 1 amide bonds. The van der Waals surface area contributed by atoms with Crippen LogP contribution in [-0.2, 0) is 14.3 Å². The van der Waals surface area contributed by atoms with E-state index in [2.05, 4.69) is 21.2 Å². The quantitative estimate of drug-likeness (QED) is 0.171. The van der Waals surface area contributed by atoms with Crippen molar-refractivity contribution >= 4 is 35.4 Å². The number of carbonyl (C=O) groups is 2. The zero-order chi connectivity index (χ0) is 27.7. The minimum atomic E-state index is -0.618. The van der Waals surface area contributed by atoms with Crippen LogP contribution in [0.3, 0.4) is 0 Å². The number of benzene rings is 2. The Morgan fingerprint density at radius 2 is 1.89 bits per heavy atom. The number of para-hydroxylation sites is 2. The van der Waals surface area contributed by atoms with Crippen LogP contribution in [0.2, 0.25) is 0 Å². The number of hydrogen-bond acceptors (Lipinski definition) is 8. The Kier molecular flexibility index (Phi) is 10.1. The number of hydrazone groups is 1. The van der Waals surface area contributed by atoms with Crippen LogP contribution in [0.4, 0.5) is 0 Å². The van der Waals surface area contributed by atoms with Crippen LogP contribution >= 0.6 is 12.2 Å². The van der Waals surface area contributed by atoms with Crippen molar-refractivity contribution in [2.24, 2.45) is 5.10 Å². The van der Waals surface area contributed by atoms with Gasteiger partial charge in [-0.05, 0) is 58.1 Å². The Morgan fingerprint density at radius 3 is 2.61 bits per heavy atom. The van der Waals surface area contributed by atoms with Crippen LogP contribution in [0.15, 0.2) is 58.8 Å². The third kappa shape index (κ3) is 7.22. The van der Waals surface area contributed by atoms with Crippen molar-refractivity contribution < 1.29 is 28.5 Å². The zero-order valence-electron chi connectivity index (χ0n) is 22.0.